The number of fused-ring (bicyclic) bond motifs is 1. The average molecular weight is 535 g/mol. The largest absolute Gasteiger partial charge is 0.493 e. The van der Waals surface area contributed by atoms with E-state index >= 15 is 0 Å². The maximum atomic E-state index is 13.7. The predicted octanol–water partition coefficient (Wildman–Crippen LogP) is 4.34. The third-order valence-electron chi connectivity index (χ3n) is 7.15. The molecule has 2 aliphatic rings. The minimum atomic E-state index is -0.252. The van der Waals surface area contributed by atoms with Gasteiger partial charge >= 0.3 is 6.01 Å². The van der Waals surface area contributed by atoms with E-state index in [0.29, 0.717) is 53.5 Å². The maximum Gasteiger partial charge on any atom is 0.306 e. The van der Waals surface area contributed by atoms with Gasteiger partial charge in [0.25, 0.3) is 5.56 Å². The molecule has 0 bridgehead atoms. The normalized spacial score (nSPS) is 17.7. The third-order valence-corrected chi connectivity index (χ3v) is 7.52. The van der Waals surface area contributed by atoms with Crippen LogP contribution in [0.4, 0.5) is 5.95 Å². The van der Waals surface area contributed by atoms with Crippen LogP contribution in [-0.2, 0) is 13.6 Å². The summed E-state index contributed by atoms with van der Waals surface area (Å²) in [6.07, 6.45) is 4.35. The Morgan fingerprint density at radius 1 is 1.08 bits per heavy atom. The van der Waals surface area contributed by atoms with Crippen molar-refractivity contribution < 1.29 is 9.47 Å². The SMILES string of the molecule is Cn1c(Oc2cccc(OCC3CC3)c2)nc2nc(N3CCC[C@@H](N)C3)n(Cc3ccccc3Cl)c2c1=O. The van der Waals surface area contributed by atoms with Crippen LogP contribution in [0.15, 0.2) is 53.3 Å². The van der Waals surface area contributed by atoms with E-state index in [4.69, 9.17) is 31.8 Å². The molecular formula is C28H31ClN6O3. The van der Waals surface area contributed by atoms with Crippen molar-refractivity contribution in [3.63, 3.8) is 0 Å². The van der Waals surface area contributed by atoms with Gasteiger partial charge in [-0.05, 0) is 55.4 Å². The Kier molecular flexibility index (Phi) is 6.71. The number of anilines is 1. The number of aromatic nitrogens is 4. The van der Waals surface area contributed by atoms with Gasteiger partial charge in [0.15, 0.2) is 11.2 Å². The van der Waals surface area contributed by atoms with Gasteiger partial charge in [-0.3, -0.25) is 13.9 Å². The summed E-state index contributed by atoms with van der Waals surface area (Å²) in [5.41, 5.74) is 7.65. The highest BCUT2D eigenvalue weighted by molar-refractivity contribution is 6.31. The van der Waals surface area contributed by atoms with Crippen LogP contribution in [-0.4, -0.2) is 44.8 Å². The summed E-state index contributed by atoms with van der Waals surface area (Å²) in [6.45, 7) is 2.55. The first-order chi connectivity index (χ1) is 18.5. The smallest absolute Gasteiger partial charge is 0.306 e. The van der Waals surface area contributed by atoms with E-state index in [1.54, 1.807) is 7.05 Å². The Hall–Kier alpha value is -3.56. The molecule has 38 heavy (non-hydrogen) atoms. The van der Waals surface area contributed by atoms with Crippen molar-refractivity contribution in [1.29, 1.82) is 0 Å². The van der Waals surface area contributed by atoms with Gasteiger partial charge in [-0.25, -0.2) is 0 Å². The number of benzene rings is 2. The lowest BCUT2D eigenvalue weighted by molar-refractivity contribution is 0.298. The first kappa shape index (κ1) is 24.8. The Balaban J connectivity index is 1.39. The molecule has 1 atom stereocenters. The van der Waals surface area contributed by atoms with Crippen molar-refractivity contribution in [2.45, 2.75) is 38.3 Å². The summed E-state index contributed by atoms with van der Waals surface area (Å²) < 4.78 is 15.3. The van der Waals surface area contributed by atoms with Gasteiger partial charge in [-0.2, -0.15) is 9.97 Å². The summed E-state index contributed by atoms with van der Waals surface area (Å²) in [6, 6.07) is 15.2. The second-order valence-corrected chi connectivity index (χ2v) is 10.6. The van der Waals surface area contributed by atoms with E-state index in [2.05, 4.69) is 9.88 Å². The van der Waals surface area contributed by atoms with Crippen LogP contribution in [0.1, 0.15) is 31.2 Å². The molecule has 4 aromatic rings. The van der Waals surface area contributed by atoms with Gasteiger partial charge in [-0.15, -0.1) is 0 Å². The molecule has 1 aliphatic carbocycles. The van der Waals surface area contributed by atoms with Crippen molar-refractivity contribution in [2.24, 2.45) is 18.7 Å². The molecule has 1 saturated carbocycles. The molecule has 2 fully saturated rings. The van der Waals surface area contributed by atoms with Gasteiger partial charge in [0.1, 0.15) is 11.5 Å². The molecule has 3 heterocycles. The molecule has 0 spiro atoms. The van der Waals surface area contributed by atoms with Crippen molar-refractivity contribution in [2.75, 3.05) is 24.6 Å². The number of imidazole rings is 1. The van der Waals surface area contributed by atoms with E-state index in [1.807, 2.05) is 53.1 Å². The summed E-state index contributed by atoms with van der Waals surface area (Å²) in [5.74, 6) is 2.58. The van der Waals surface area contributed by atoms with Crippen LogP contribution in [0.3, 0.4) is 0 Å². The molecule has 2 N–H and O–H groups in total. The second-order valence-electron chi connectivity index (χ2n) is 10.2. The lowest BCUT2D eigenvalue weighted by Crippen LogP contribution is -2.44. The first-order valence-corrected chi connectivity index (χ1v) is 13.5. The Bertz CT molecular complexity index is 1530. The standard InChI is InChI=1S/C28H31ClN6O3/c1-33-26(36)24-25(32-28(33)38-22-9-4-8-21(14-22)37-17-18-11-12-18)31-27(34-13-5-7-20(30)16-34)35(24)15-19-6-2-3-10-23(19)29/h2-4,6,8-10,14,18,20H,5,7,11-13,15-17,30H2,1H3/t20-/m1/s1. The van der Waals surface area contributed by atoms with Crippen LogP contribution in [0.5, 0.6) is 17.5 Å². The lowest BCUT2D eigenvalue weighted by Gasteiger charge is -2.31. The zero-order valence-corrected chi connectivity index (χ0v) is 22.1. The highest BCUT2D eigenvalue weighted by atomic mass is 35.5. The fourth-order valence-electron chi connectivity index (χ4n) is 4.83. The van der Waals surface area contributed by atoms with Crippen molar-refractivity contribution in [3.05, 3.63) is 69.5 Å². The highest BCUT2D eigenvalue weighted by Gasteiger charge is 2.26. The maximum absolute atomic E-state index is 13.7. The van der Waals surface area contributed by atoms with E-state index in [0.717, 1.165) is 30.7 Å². The van der Waals surface area contributed by atoms with Crippen molar-refractivity contribution >= 4 is 28.7 Å². The molecule has 6 rings (SSSR count). The van der Waals surface area contributed by atoms with Gasteiger partial charge in [0, 0.05) is 37.3 Å². The second kappa shape index (κ2) is 10.3. The number of piperidine rings is 1. The molecule has 1 aliphatic heterocycles. The average Bonchev–Trinajstić information content (AvgIpc) is 3.68. The third kappa shape index (κ3) is 5.08. The Labute approximate surface area is 225 Å². The number of hydrogen-bond acceptors (Lipinski definition) is 7. The number of halogens is 1. The molecule has 10 heteroatoms. The zero-order valence-electron chi connectivity index (χ0n) is 21.3. The first-order valence-electron chi connectivity index (χ1n) is 13.1. The molecule has 2 aromatic carbocycles. The minimum absolute atomic E-state index is 0.0430. The van der Waals surface area contributed by atoms with E-state index < -0.39 is 0 Å². The van der Waals surface area contributed by atoms with Gasteiger partial charge in [-0.1, -0.05) is 35.9 Å². The van der Waals surface area contributed by atoms with E-state index in [1.165, 1.54) is 17.4 Å². The molecular weight excluding hydrogens is 504 g/mol. The van der Waals surface area contributed by atoms with Crippen LogP contribution in [0.2, 0.25) is 5.02 Å². The number of nitrogens with two attached hydrogens (primary N) is 1. The molecule has 0 unspecified atom stereocenters. The molecule has 9 nitrogen and oxygen atoms in total. The molecule has 0 radical (unpaired) electrons. The zero-order chi connectivity index (χ0) is 26.2. The lowest BCUT2D eigenvalue weighted by atomic mass is 10.1. The number of hydrogen-bond donors (Lipinski definition) is 1. The van der Waals surface area contributed by atoms with Crippen molar-refractivity contribution in [3.8, 4) is 17.5 Å². The van der Waals surface area contributed by atoms with Gasteiger partial charge < -0.3 is 20.1 Å². The van der Waals surface area contributed by atoms with Crippen molar-refractivity contribution in [1.82, 2.24) is 19.1 Å². The fraction of sp³-hybridized carbons (Fsp3) is 0.393. The van der Waals surface area contributed by atoms with Crippen LogP contribution < -0.4 is 25.7 Å². The van der Waals surface area contributed by atoms with Gasteiger partial charge in [0.2, 0.25) is 5.95 Å². The number of ether oxygens (including phenoxy) is 2. The predicted molar refractivity (Wildman–Crippen MR) is 147 cm³/mol. The van der Waals surface area contributed by atoms with Gasteiger partial charge in [0.05, 0.1) is 13.2 Å². The molecule has 1 saturated heterocycles. The summed E-state index contributed by atoms with van der Waals surface area (Å²) in [7, 11) is 1.65. The van der Waals surface area contributed by atoms with Crippen LogP contribution >= 0.6 is 11.6 Å². The number of nitrogens with zero attached hydrogens (tertiary/aromatic N) is 5. The topological polar surface area (TPSA) is 100 Å². The minimum Gasteiger partial charge on any atom is -0.493 e. The highest BCUT2D eigenvalue weighted by Crippen LogP contribution is 2.31. The summed E-state index contributed by atoms with van der Waals surface area (Å²) >= 11 is 6.50. The fourth-order valence-corrected chi connectivity index (χ4v) is 5.03. The quantitative estimate of drug-likeness (QED) is 0.359. The molecule has 0 amide bonds. The summed E-state index contributed by atoms with van der Waals surface area (Å²) in [4.78, 5) is 25.4. The van der Waals surface area contributed by atoms with E-state index in [-0.39, 0.29) is 17.6 Å². The Morgan fingerprint density at radius 3 is 2.68 bits per heavy atom. The monoisotopic (exact) mass is 534 g/mol. The number of rotatable bonds is 8. The molecule has 198 valence electrons. The van der Waals surface area contributed by atoms with E-state index in [9.17, 15) is 4.79 Å². The molecule has 2 aromatic heterocycles. The Morgan fingerprint density at radius 2 is 1.89 bits per heavy atom. The summed E-state index contributed by atoms with van der Waals surface area (Å²) in [5, 5.41) is 0.629. The van der Waals surface area contributed by atoms with Crippen LogP contribution in [0.25, 0.3) is 11.2 Å². The van der Waals surface area contributed by atoms with Crippen LogP contribution in [0, 0.1) is 5.92 Å².